The Morgan fingerprint density at radius 1 is 1.26 bits per heavy atom. The second kappa shape index (κ2) is 6.16. The second-order valence-corrected chi connectivity index (χ2v) is 6.37. The Labute approximate surface area is 134 Å². The van der Waals surface area contributed by atoms with Crippen LogP contribution in [0.3, 0.4) is 0 Å². The lowest BCUT2D eigenvalue weighted by atomic mass is 9.86. The largest absolute Gasteiger partial charge is 0.320 e. The zero-order chi connectivity index (χ0) is 17.2. The van der Waals surface area contributed by atoms with Crippen molar-refractivity contribution in [3.05, 3.63) is 63.5 Å². The van der Waals surface area contributed by atoms with Crippen molar-refractivity contribution in [3.8, 4) is 0 Å². The van der Waals surface area contributed by atoms with Gasteiger partial charge in [0.2, 0.25) is 0 Å². The van der Waals surface area contributed by atoms with Crippen molar-refractivity contribution in [2.45, 2.75) is 33.1 Å². The van der Waals surface area contributed by atoms with E-state index >= 15 is 0 Å². The number of hydrogen-bond acceptors (Lipinski definition) is 4. The maximum absolute atomic E-state index is 12.4. The summed E-state index contributed by atoms with van der Waals surface area (Å²) in [5, 5.41) is 13.6. The molecule has 0 radical (unpaired) electrons. The molecule has 0 atom stereocenters. The van der Waals surface area contributed by atoms with Crippen LogP contribution in [-0.2, 0) is 5.41 Å². The highest BCUT2D eigenvalue weighted by Gasteiger charge is 2.17. The number of aromatic nitrogens is 1. The van der Waals surface area contributed by atoms with Crippen LogP contribution < -0.4 is 5.32 Å². The SMILES string of the molecule is Cc1ncc(NC(=O)c2cccc(C(C)(C)C)c2)cc1[N+](=O)[O-]. The van der Waals surface area contributed by atoms with Crippen molar-refractivity contribution < 1.29 is 9.72 Å². The lowest BCUT2D eigenvalue weighted by molar-refractivity contribution is -0.385. The fraction of sp³-hybridized carbons (Fsp3) is 0.294. The number of amides is 1. The summed E-state index contributed by atoms with van der Waals surface area (Å²) < 4.78 is 0. The Morgan fingerprint density at radius 3 is 2.57 bits per heavy atom. The summed E-state index contributed by atoms with van der Waals surface area (Å²) in [6.07, 6.45) is 1.41. The molecule has 1 aromatic carbocycles. The summed E-state index contributed by atoms with van der Waals surface area (Å²) in [6, 6.07) is 8.64. The summed E-state index contributed by atoms with van der Waals surface area (Å²) in [5.74, 6) is -0.323. The molecule has 23 heavy (non-hydrogen) atoms. The van der Waals surface area contributed by atoms with E-state index in [0.717, 1.165) is 5.56 Å². The summed E-state index contributed by atoms with van der Waals surface area (Å²) >= 11 is 0. The van der Waals surface area contributed by atoms with E-state index in [1.165, 1.54) is 12.3 Å². The third-order valence-electron chi connectivity index (χ3n) is 3.51. The van der Waals surface area contributed by atoms with Gasteiger partial charge in [-0.1, -0.05) is 32.9 Å². The topological polar surface area (TPSA) is 85.1 Å². The Morgan fingerprint density at radius 2 is 1.96 bits per heavy atom. The van der Waals surface area contributed by atoms with Crippen LogP contribution in [0.2, 0.25) is 0 Å². The molecule has 0 saturated heterocycles. The summed E-state index contributed by atoms with van der Waals surface area (Å²) in [6.45, 7) is 7.75. The van der Waals surface area contributed by atoms with Gasteiger partial charge in [-0.3, -0.25) is 19.9 Å². The average Bonchev–Trinajstić information content (AvgIpc) is 2.48. The van der Waals surface area contributed by atoms with Gasteiger partial charge in [-0.15, -0.1) is 0 Å². The number of nitrogens with one attached hydrogen (secondary N) is 1. The first-order chi connectivity index (χ1) is 10.7. The zero-order valence-corrected chi connectivity index (χ0v) is 13.6. The number of pyridine rings is 1. The van der Waals surface area contributed by atoms with Gasteiger partial charge in [0, 0.05) is 11.6 Å². The van der Waals surface area contributed by atoms with E-state index in [4.69, 9.17) is 0 Å². The van der Waals surface area contributed by atoms with E-state index in [0.29, 0.717) is 16.9 Å². The minimum absolute atomic E-state index is 0.0690. The van der Waals surface area contributed by atoms with Gasteiger partial charge < -0.3 is 5.32 Å². The number of nitrogens with zero attached hydrogens (tertiary/aromatic N) is 2. The van der Waals surface area contributed by atoms with Crippen molar-refractivity contribution in [1.29, 1.82) is 0 Å². The van der Waals surface area contributed by atoms with E-state index in [-0.39, 0.29) is 17.0 Å². The minimum Gasteiger partial charge on any atom is -0.320 e. The summed E-state index contributed by atoms with van der Waals surface area (Å²) in [5.41, 5.74) is 1.96. The number of aryl methyl sites for hydroxylation is 1. The molecule has 0 unspecified atom stereocenters. The Hall–Kier alpha value is -2.76. The monoisotopic (exact) mass is 313 g/mol. The zero-order valence-electron chi connectivity index (χ0n) is 13.6. The highest BCUT2D eigenvalue weighted by Crippen LogP contribution is 2.24. The van der Waals surface area contributed by atoms with Gasteiger partial charge in [-0.05, 0) is 30.0 Å². The number of rotatable bonds is 3. The van der Waals surface area contributed by atoms with Crippen LogP contribution in [0.25, 0.3) is 0 Å². The lowest BCUT2D eigenvalue weighted by Crippen LogP contribution is -2.16. The van der Waals surface area contributed by atoms with Crippen molar-refractivity contribution in [1.82, 2.24) is 4.98 Å². The molecule has 1 heterocycles. The maximum atomic E-state index is 12.4. The number of carbonyl (C=O) groups excluding carboxylic acids is 1. The van der Waals surface area contributed by atoms with E-state index in [1.54, 1.807) is 13.0 Å². The molecule has 2 rings (SSSR count). The molecule has 0 aliphatic heterocycles. The molecule has 120 valence electrons. The first-order valence-electron chi connectivity index (χ1n) is 7.21. The molecule has 0 aliphatic carbocycles. The van der Waals surface area contributed by atoms with Crippen LogP contribution in [0.4, 0.5) is 11.4 Å². The number of nitro groups is 1. The van der Waals surface area contributed by atoms with Gasteiger partial charge in [0.25, 0.3) is 11.6 Å². The number of benzene rings is 1. The molecule has 0 fully saturated rings. The van der Waals surface area contributed by atoms with E-state index in [2.05, 4.69) is 31.1 Å². The van der Waals surface area contributed by atoms with Crippen LogP contribution in [0, 0.1) is 17.0 Å². The fourth-order valence-electron chi connectivity index (χ4n) is 2.10. The molecule has 1 N–H and O–H groups in total. The Bertz CT molecular complexity index is 764. The predicted molar refractivity (Wildman–Crippen MR) is 88.7 cm³/mol. The molecule has 0 saturated carbocycles. The van der Waals surface area contributed by atoms with Gasteiger partial charge in [0.15, 0.2) is 0 Å². The van der Waals surface area contributed by atoms with Crippen LogP contribution in [0.1, 0.15) is 42.4 Å². The summed E-state index contributed by atoms with van der Waals surface area (Å²) in [7, 11) is 0. The van der Waals surface area contributed by atoms with E-state index < -0.39 is 4.92 Å². The van der Waals surface area contributed by atoms with Gasteiger partial charge in [0.1, 0.15) is 5.69 Å². The Kier molecular flexibility index (Phi) is 4.45. The standard InChI is InChI=1S/C17H19N3O3/c1-11-15(20(22)23)9-14(10-18-11)19-16(21)12-6-5-7-13(8-12)17(2,3)4/h5-10H,1-4H3,(H,19,21). The molecule has 2 aromatic rings. The van der Waals surface area contributed by atoms with Gasteiger partial charge in [0.05, 0.1) is 16.8 Å². The van der Waals surface area contributed by atoms with Crippen LogP contribution >= 0.6 is 0 Å². The Balaban J connectivity index is 2.26. The average molecular weight is 313 g/mol. The smallest absolute Gasteiger partial charge is 0.292 e. The lowest BCUT2D eigenvalue weighted by Gasteiger charge is -2.19. The van der Waals surface area contributed by atoms with Crippen molar-refractivity contribution >= 4 is 17.3 Å². The normalized spacial score (nSPS) is 11.1. The molecule has 0 spiro atoms. The highest BCUT2D eigenvalue weighted by molar-refractivity contribution is 6.04. The van der Waals surface area contributed by atoms with Crippen LogP contribution in [0.5, 0.6) is 0 Å². The highest BCUT2D eigenvalue weighted by atomic mass is 16.6. The van der Waals surface area contributed by atoms with E-state index in [9.17, 15) is 14.9 Å². The molecular formula is C17H19N3O3. The van der Waals surface area contributed by atoms with Crippen molar-refractivity contribution in [3.63, 3.8) is 0 Å². The first kappa shape index (κ1) is 16.6. The van der Waals surface area contributed by atoms with Gasteiger partial charge >= 0.3 is 0 Å². The molecule has 0 bridgehead atoms. The van der Waals surface area contributed by atoms with Crippen LogP contribution in [0.15, 0.2) is 36.5 Å². The predicted octanol–water partition coefficient (Wildman–Crippen LogP) is 3.85. The molecule has 1 amide bonds. The first-order valence-corrected chi connectivity index (χ1v) is 7.21. The molecule has 1 aromatic heterocycles. The van der Waals surface area contributed by atoms with Gasteiger partial charge in [-0.25, -0.2) is 0 Å². The third kappa shape index (κ3) is 3.91. The van der Waals surface area contributed by atoms with Crippen LogP contribution in [-0.4, -0.2) is 15.8 Å². The fourth-order valence-corrected chi connectivity index (χ4v) is 2.10. The van der Waals surface area contributed by atoms with Gasteiger partial charge in [-0.2, -0.15) is 0 Å². The summed E-state index contributed by atoms with van der Waals surface area (Å²) in [4.78, 5) is 26.7. The second-order valence-electron chi connectivity index (χ2n) is 6.37. The maximum Gasteiger partial charge on any atom is 0.292 e. The van der Waals surface area contributed by atoms with Crippen molar-refractivity contribution in [2.75, 3.05) is 5.32 Å². The molecule has 6 nitrogen and oxygen atoms in total. The quantitative estimate of drug-likeness (QED) is 0.689. The molecular weight excluding hydrogens is 294 g/mol. The number of carbonyl (C=O) groups is 1. The van der Waals surface area contributed by atoms with Crippen molar-refractivity contribution in [2.24, 2.45) is 0 Å². The minimum atomic E-state index is -0.516. The number of anilines is 1. The molecule has 0 aliphatic rings. The third-order valence-corrected chi connectivity index (χ3v) is 3.51. The number of hydrogen-bond donors (Lipinski definition) is 1. The van der Waals surface area contributed by atoms with E-state index in [1.807, 2.05) is 18.2 Å². The molecule has 6 heteroatoms.